The van der Waals surface area contributed by atoms with Crippen LogP contribution in [0.15, 0.2) is 4.99 Å². The molecule has 7 heteroatoms. The van der Waals surface area contributed by atoms with Gasteiger partial charge in [0.05, 0.1) is 26.2 Å². The molecule has 0 aromatic carbocycles. The van der Waals surface area contributed by atoms with Gasteiger partial charge in [0.2, 0.25) is 11.8 Å². The fourth-order valence-electron chi connectivity index (χ4n) is 3.29. The quantitative estimate of drug-likeness (QED) is 0.507. The highest BCUT2D eigenvalue weighted by Gasteiger charge is 2.41. The highest BCUT2D eigenvalue weighted by atomic mass is 16.2. The van der Waals surface area contributed by atoms with Gasteiger partial charge < -0.3 is 4.90 Å². The van der Waals surface area contributed by atoms with Crippen molar-refractivity contribution in [1.82, 2.24) is 10.2 Å². The maximum absolute atomic E-state index is 12.5. The van der Waals surface area contributed by atoms with Crippen LogP contribution in [0.5, 0.6) is 0 Å². The number of quaternary nitrogens is 1. The van der Waals surface area contributed by atoms with Gasteiger partial charge in [0.15, 0.2) is 5.92 Å². The van der Waals surface area contributed by atoms with Crippen LogP contribution in [0.25, 0.3) is 0 Å². The number of nitrogens with one attached hydrogen (secondary N) is 2. The van der Waals surface area contributed by atoms with Crippen molar-refractivity contribution in [1.29, 1.82) is 0 Å². The maximum Gasteiger partial charge on any atom is 0.330 e. The maximum atomic E-state index is 12.5. The molecule has 0 spiro atoms. The second kappa shape index (κ2) is 8.92. The first kappa shape index (κ1) is 18.6. The summed E-state index contributed by atoms with van der Waals surface area (Å²) in [6.45, 7) is 7.94. The summed E-state index contributed by atoms with van der Waals surface area (Å²) in [5, 5.41) is 2.28. The molecule has 24 heavy (non-hydrogen) atoms. The Kier molecular flexibility index (Phi) is 6.90. The van der Waals surface area contributed by atoms with Crippen molar-refractivity contribution >= 4 is 23.6 Å². The normalized spacial score (nSPS) is 23.6. The first-order valence-corrected chi connectivity index (χ1v) is 9.05. The van der Waals surface area contributed by atoms with Gasteiger partial charge in [0.25, 0.3) is 0 Å². The lowest BCUT2D eigenvalue weighted by molar-refractivity contribution is -0.903. The Hall–Kier alpha value is -1.76. The van der Waals surface area contributed by atoms with E-state index in [4.69, 9.17) is 0 Å². The molecule has 0 radical (unpaired) electrons. The third-order valence-corrected chi connectivity index (χ3v) is 4.79. The number of imide groups is 2. The summed E-state index contributed by atoms with van der Waals surface area (Å²) in [4.78, 5) is 43.6. The van der Waals surface area contributed by atoms with Crippen molar-refractivity contribution < 1.29 is 19.3 Å². The fraction of sp³-hybridized carbons (Fsp3) is 0.765. The first-order chi connectivity index (χ1) is 11.5. The number of amides is 4. The van der Waals surface area contributed by atoms with Crippen molar-refractivity contribution in [2.75, 3.05) is 32.7 Å². The SMILES string of the molecule is CCCCN1C(=O)NC(=O)[C@H](C(C)=NCC[NH+]2CCCCC2)C1=O. The van der Waals surface area contributed by atoms with E-state index in [-0.39, 0.29) is 0 Å². The topological polar surface area (TPSA) is 83.3 Å². The lowest BCUT2D eigenvalue weighted by Crippen LogP contribution is -3.13. The number of piperidine rings is 1. The van der Waals surface area contributed by atoms with Crippen molar-refractivity contribution in [3.63, 3.8) is 0 Å². The molecule has 1 atom stereocenters. The molecule has 7 nitrogen and oxygen atoms in total. The van der Waals surface area contributed by atoms with Crippen LogP contribution < -0.4 is 10.2 Å². The number of carbonyl (C=O) groups is 3. The molecule has 2 aliphatic heterocycles. The molecule has 0 aliphatic carbocycles. The van der Waals surface area contributed by atoms with Crippen molar-refractivity contribution in [3.8, 4) is 0 Å². The molecule has 0 saturated carbocycles. The number of unbranched alkanes of at least 4 members (excludes halogenated alkanes) is 1. The van der Waals surface area contributed by atoms with E-state index in [0.29, 0.717) is 18.8 Å². The predicted molar refractivity (Wildman–Crippen MR) is 91.0 cm³/mol. The number of hydrogen-bond donors (Lipinski definition) is 2. The molecular formula is C17H29N4O3+. The molecule has 0 bridgehead atoms. The second-order valence-electron chi connectivity index (χ2n) is 6.65. The van der Waals surface area contributed by atoms with E-state index in [0.717, 1.165) is 24.3 Å². The predicted octanol–water partition coefficient (Wildman–Crippen LogP) is 0.0108. The lowest BCUT2D eigenvalue weighted by Gasteiger charge is -2.30. The largest absolute Gasteiger partial charge is 0.333 e. The Morgan fingerprint density at radius 3 is 2.62 bits per heavy atom. The summed E-state index contributed by atoms with van der Waals surface area (Å²) < 4.78 is 0. The van der Waals surface area contributed by atoms with E-state index in [9.17, 15) is 14.4 Å². The minimum atomic E-state index is -0.962. The summed E-state index contributed by atoms with van der Waals surface area (Å²) in [5.41, 5.74) is 0.503. The van der Waals surface area contributed by atoms with E-state index in [1.165, 1.54) is 37.3 Å². The van der Waals surface area contributed by atoms with Crippen LogP contribution in [0.4, 0.5) is 4.79 Å². The monoisotopic (exact) mass is 337 g/mol. The summed E-state index contributed by atoms with van der Waals surface area (Å²) >= 11 is 0. The molecule has 2 saturated heterocycles. The van der Waals surface area contributed by atoms with Crippen LogP contribution in [-0.2, 0) is 9.59 Å². The third kappa shape index (κ3) is 4.63. The Bertz CT molecular complexity index is 512. The van der Waals surface area contributed by atoms with E-state index in [1.807, 2.05) is 6.92 Å². The highest BCUT2D eigenvalue weighted by Crippen LogP contribution is 2.13. The molecule has 0 unspecified atom stereocenters. The van der Waals surface area contributed by atoms with Gasteiger partial charge in [-0.2, -0.15) is 0 Å². The average molecular weight is 337 g/mol. The van der Waals surface area contributed by atoms with Crippen molar-refractivity contribution in [2.24, 2.45) is 10.9 Å². The van der Waals surface area contributed by atoms with Crippen molar-refractivity contribution in [3.05, 3.63) is 0 Å². The summed E-state index contributed by atoms with van der Waals surface area (Å²) in [7, 11) is 0. The molecule has 134 valence electrons. The Labute approximate surface area is 143 Å². The molecule has 2 N–H and O–H groups in total. The van der Waals surface area contributed by atoms with Gasteiger partial charge in [-0.3, -0.25) is 24.8 Å². The summed E-state index contributed by atoms with van der Waals surface area (Å²) in [5.74, 6) is -1.95. The Morgan fingerprint density at radius 1 is 1.25 bits per heavy atom. The van der Waals surface area contributed by atoms with Crippen LogP contribution in [0.1, 0.15) is 46.0 Å². The van der Waals surface area contributed by atoms with E-state index < -0.39 is 23.8 Å². The fourth-order valence-corrected chi connectivity index (χ4v) is 3.29. The zero-order chi connectivity index (χ0) is 17.5. The molecule has 0 aromatic heterocycles. The highest BCUT2D eigenvalue weighted by molar-refractivity contribution is 6.27. The number of barbiturate groups is 1. The smallest absolute Gasteiger partial charge is 0.330 e. The van der Waals surface area contributed by atoms with E-state index >= 15 is 0 Å². The Balaban J connectivity index is 1.96. The standard InChI is InChI=1S/C17H28N4O3/c1-3-4-11-21-16(23)14(15(22)19-17(21)24)13(2)18-8-12-20-9-6-5-7-10-20/h14H,3-12H2,1-2H3,(H,19,22,24)/p+1/t14-/m0/s1. The molecule has 2 aliphatic rings. The van der Waals surface area contributed by atoms with Gasteiger partial charge in [0, 0.05) is 12.3 Å². The van der Waals surface area contributed by atoms with Gasteiger partial charge in [0.1, 0.15) is 0 Å². The van der Waals surface area contributed by atoms with Gasteiger partial charge in [-0.25, -0.2) is 4.79 Å². The number of hydrogen-bond acceptors (Lipinski definition) is 4. The molecular weight excluding hydrogens is 308 g/mol. The van der Waals surface area contributed by atoms with E-state index in [2.05, 4.69) is 10.3 Å². The second-order valence-corrected chi connectivity index (χ2v) is 6.65. The van der Waals surface area contributed by atoms with Crippen LogP contribution in [0.2, 0.25) is 0 Å². The molecule has 4 amide bonds. The lowest BCUT2D eigenvalue weighted by atomic mass is 9.99. The number of rotatable bonds is 7. The zero-order valence-electron chi connectivity index (χ0n) is 14.8. The van der Waals surface area contributed by atoms with Crippen LogP contribution in [-0.4, -0.2) is 61.2 Å². The zero-order valence-corrected chi connectivity index (χ0v) is 14.8. The van der Waals surface area contributed by atoms with Gasteiger partial charge in [-0.1, -0.05) is 13.3 Å². The summed E-state index contributed by atoms with van der Waals surface area (Å²) in [6.07, 6.45) is 5.44. The van der Waals surface area contributed by atoms with Gasteiger partial charge in [-0.15, -0.1) is 0 Å². The average Bonchev–Trinajstić information content (AvgIpc) is 2.55. The number of urea groups is 1. The number of aliphatic imine (C=N–C) groups is 1. The number of likely N-dealkylation sites (tertiary alicyclic amines) is 1. The summed E-state index contributed by atoms with van der Waals surface area (Å²) in [6, 6.07) is -0.611. The van der Waals surface area contributed by atoms with Crippen molar-refractivity contribution in [2.45, 2.75) is 46.0 Å². The molecule has 2 fully saturated rings. The van der Waals surface area contributed by atoms with Gasteiger partial charge in [-0.05, 0) is 32.6 Å². The molecule has 2 heterocycles. The van der Waals surface area contributed by atoms with E-state index in [1.54, 1.807) is 6.92 Å². The number of carbonyl (C=O) groups excluding carboxylic acids is 3. The third-order valence-electron chi connectivity index (χ3n) is 4.79. The molecule has 2 rings (SSSR count). The van der Waals surface area contributed by atoms with Gasteiger partial charge >= 0.3 is 6.03 Å². The minimum absolute atomic E-state index is 0.343. The van der Waals surface area contributed by atoms with Crippen LogP contribution in [0, 0.1) is 5.92 Å². The number of nitrogens with zero attached hydrogens (tertiary/aromatic N) is 2. The minimum Gasteiger partial charge on any atom is -0.333 e. The van der Waals surface area contributed by atoms with Crippen LogP contribution >= 0.6 is 0 Å². The molecule has 0 aromatic rings. The van der Waals surface area contributed by atoms with Crippen LogP contribution in [0.3, 0.4) is 0 Å². The first-order valence-electron chi connectivity index (χ1n) is 9.05. The Morgan fingerprint density at radius 2 is 1.96 bits per heavy atom.